The maximum atomic E-state index is 11.7. The van der Waals surface area contributed by atoms with Gasteiger partial charge in [0.1, 0.15) is 0 Å². The van der Waals surface area contributed by atoms with Crippen molar-refractivity contribution in [2.45, 2.75) is 40.0 Å². The molecule has 2 heteroatoms. The second-order valence-electron chi connectivity index (χ2n) is 3.78. The van der Waals surface area contributed by atoms with Crippen LogP contribution in [0.4, 0.5) is 0 Å². The van der Waals surface area contributed by atoms with E-state index in [-0.39, 0.29) is 11.6 Å². The topological polar surface area (TPSA) is 34.1 Å². The monoisotopic (exact) mass is 218 g/mol. The Balaban J connectivity index is 3.21. The molecule has 0 spiro atoms. The van der Waals surface area contributed by atoms with Crippen LogP contribution in [0.25, 0.3) is 0 Å². The molecular weight excluding hydrogens is 200 g/mol. The summed E-state index contributed by atoms with van der Waals surface area (Å²) in [6.07, 6.45) is 1.78. The molecule has 0 saturated carbocycles. The first kappa shape index (κ1) is 12.6. The van der Waals surface area contributed by atoms with Crippen LogP contribution in [0.5, 0.6) is 0 Å². The smallest absolute Gasteiger partial charge is 0.162 e. The summed E-state index contributed by atoms with van der Waals surface area (Å²) < 4.78 is 0. The highest BCUT2D eigenvalue weighted by molar-refractivity contribution is 6.02. The van der Waals surface area contributed by atoms with Gasteiger partial charge in [-0.05, 0) is 18.1 Å². The Morgan fingerprint density at radius 1 is 1.00 bits per heavy atom. The van der Waals surface area contributed by atoms with E-state index < -0.39 is 0 Å². The van der Waals surface area contributed by atoms with Gasteiger partial charge in [0, 0.05) is 24.0 Å². The van der Waals surface area contributed by atoms with Gasteiger partial charge in [-0.3, -0.25) is 9.59 Å². The number of hydrogen-bond donors (Lipinski definition) is 0. The fourth-order valence-corrected chi connectivity index (χ4v) is 1.71. The van der Waals surface area contributed by atoms with Crippen LogP contribution in [0, 0.1) is 0 Å². The van der Waals surface area contributed by atoms with Crippen LogP contribution in [0.1, 0.15) is 59.9 Å². The number of Topliss-reactive ketones (excluding diaryl/α,β-unsaturated/α-hetero) is 2. The molecule has 86 valence electrons. The molecule has 2 nitrogen and oxygen atoms in total. The molecule has 1 aromatic carbocycles. The molecule has 0 amide bonds. The van der Waals surface area contributed by atoms with Gasteiger partial charge in [-0.1, -0.05) is 32.9 Å². The van der Waals surface area contributed by atoms with E-state index in [1.54, 1.807) is 6.07 Å². The quantitative estimate of drug-likeness (QED) is 0.709. The van der Waals surface area contributed by atoms with Crippen molar-refractivity contribution in [2.75, 3.05) is 0 Å². The number of ketones is 2. The molecule has 0 aromatic heterocycles. The van der Waals surface area contributed by atoms with Crippen molar-refractivity contribution < 1.29 is 9.59 Å². The van der Waals surface area contributed by atoms with E-state index in [1.165, 1.54) is 0 Å². The first-order valence-corrected chi connectivity index (χ1v) is 5.83. The van der Waals surface area contributed by atoms with Crippen LogP contribution in [0.3, 0.4) is 0 Å². The van der Waals surface area contributed by atoms with E-state index in [0.717, 1.165) is 12.0 Å². The van der Waals surface area contributed by atoms with Crippen molar-refractivity contribution in [3.8, 4) is 0 Å². The van der Waals surface area contributed by atoms with Crippen LogP contribution >= 0.6 is 0 Å². The molecule has 0 unspecified atom stereocenters. The Kier molecular flexibility index (Phi) is 4.41. The van der Waals surface area contributed by atoms with Crippen LogP contribution in [-0.4, -0.2) is 11.6 Å². The molecule has 0 saturated heterocycles. The van der Waals surface area contributed by atoms with Crippen molar-refractivity contribution in [2.24, 2.45) is 0 Å². The Morgan fingerprint density at radius 2 is 1.62 bits per heavy atom. The lowest BCUT2D eigenvalue weighted by molar-refractivity contribution is 0.0987. The first-order valence-electron chi connectivity index (χ1n) is 5.83. The van der Waals surface area contributed by atoms with Gasteiger partial charge in [0.25, 0.3) is 0 Å². The van der Waals surface area contributed by atoms with Gasteiger partial charge >= 0.3 is 0 Å². The largest absolute Gasteiger partial charge is 0.294 e. The van der Waals surface area contributed by atoms with Gasteiger partial charge in [0.05, 0.1) is 0 Å². The number of hydrogen-bond acceptors (Lipinski definition) is 2. The van der Waals surface area contributed by atoms with Crippen LogP contribution in [0.15, 0.2) is 18.2 Å². The van der Waals surface area contributed by atoms with E-state index >= 15 is 0 Å². The van der Waals surface area contributed by atoms with Gasteiger partial charge in [-0.15, -0.1) is 0 Å². The second kappa shape index (κ2) is 5.59. The minimum atomic E-state index is 0.0906. The van der Waals surface area contributed by atoms with Crippen molar-refractivity contribution in [3.63, 3.8) is 0 Å². The molecule has 1 aromatic rings. The molecular formula is C14H18O2. The summed E-state index contributed by atoms with van der Waals surface area (Å²) in [6.45, 7) is 5.69. The van der Waals surface area contributed by atoms with Gasteiger partial charge in [-0.2, -0.15) is 0 Å². The maximum absolute atomic E-state index is 11.7. The normalized spacial score (nSPS) is 10.2. The summed E-state index contributed by atoms with van der Waals surface area (Å²) in [5.74, 6) is 0.204. The zero-order chi connectivity index (χ0) is 12.1. The predicted octanol–water partition coefficient (Wildman–Crippen LogP) is 3.43. The number of aryl methyl sites for hydroxylation is 1. The van der Waals surface area contributed by atoms with Gasteiger partial charge in [0.15, 0.2) is 11.6 Å². The number of benzene rings is 1. The summed E-state index contributed by atoms with van der Waals surface area (Å²) in [7, 11) is 0. The summed E-state index contributed by atoms with van der Waals surface area (Å²) in [4.78, 5) is 23.3. The molecule has 0 aliphatic carbocycles. The maximum Gasteiger partial charge on any atom is 0.162 e. The van der Waals surface area contributed by atoms with Crippen molar-refractivity contribution in [3.05, 3.63) is 34.9 Å². The highest BCUT2D eigenvalue weighted by Crippen LogP contribution is 2.16. The molecule has 16 heavy (non-hydrogen) atoms. The fraction of sp³-hybridized carbons (Fsp3) is 0.429. The summed E-state index contributed by atoms with van der Waals surface area (Å²) in [5.41, 5.74) is 2.39. The highest BCUT2D eigenvalue weighted by Gasteiger charge is 2.12. The minimum Gasteiger partial charge on any atom is -0.294 e. The molecule has 0 N–H and O–H groups in total. The molecule has 0 bridgehead atoms. The summed E-state index contributed by atoms with van der Waals surface area (Å²) in [6, 6.07) is 5.46. The zero-order valence-corrected chi connectivity index (χ0v) is 10.2. The average molecular weight is 218 g/mol. The van der Waals surface area contributed by atoms with Crippen molar-refractivity contribution in [1.82, 2.24) is 0 Å². The number of carbonyl (C=O) groups excluding carboxylic acids is 2. The predicted molar refractivity (Wildman–Crippen MR) is 65.1 cm³/mol. The number of carbonyl (C=O) groups is 2. The van der Waals surface area contributed by atoms with E-state index in [2.05, 4.69) is 0 Å². The lowest BCUT2D eigenvalue weighted by atomic mass is 9.96. The lowest BCUT2D eigenvalue weighted by Crippen LogP contribution is -2.05. The zero-order valence-electron chi connectivity index (χ0n) is 10.2. The Hall–Kier alpha value is -1.44. The Morgan fingerprint density at radius 3 is 2.12 bits per heavy atom. The van der Waals surface area contributed by atoms with E-state index in [4.69, 9.17) is 0 Å². The van der Waals surface area contributed by atoms with Crippen LogP contribution in [-0.2, 0) is 6.42 Å². The highest BCUT2D eigenvalue weighted by atomic mass is 16.1. The van der Waals surface area contributed by atoms with E-state index in [9.17, 15) is 9.59 Å². The third kappa shape index (κ3) is 2.57. The number of rotatable bonds is 5. The van der Waals surface area contributed by atoms with Crippen molar-refractivity contribution >= 4 is 11.6 Å². The molecule has 0 atom stereocenters. The minimum absolute atomic E-state index is 0.0906. The van der Waals surface area contributed by atoms with E-state index in [1.807, 2.05) is 32.9 Å². The summed E-state index contributed by atoms with van der Waals surface area (Å²) >= 11 is 0. The first-order chi connectivity index (χ1) is 7.63. The Bertz CT molecular complexity index is 405. The summed E-state index contributed by atoms with van der Waals surface area (Å²) in [5, 5.41) is 0. The SMILES string of the molecule is CCC(=O)c1ccc(CC)c(C(=O)CC)c1. The van der Waals surface area contributed by atoms with Gasteiger partial charge < -0.3 is 0 Å². The molecule has 0 heterocycles. The standard InChI is InChI=1S/C14H18O2/c1-4-10-7-8-11(13(15)5-2)9-12(10)14(16)6-3/h7-9H,4-6H2,1-3H3. The van der Waals surface area contributed by atoms with Crippen LogP contribution in [0.2, 0.25) is 0 Å². The third-order valence-corrected chi connectivity index (χ3v) is 2.76. The molecule has 1 rings (SSSR count). The third-order valence-electron chi connectivity index (χ3n) is 2.76. The van der Waals surface area contributed by atoms with E-state index in [0.29, 0.717) is 24.0 Å². The molecule has 0 aliphatic rings. The van der Waals surface area contributed by atoms with Crippen molar-refractivity contribution in [1.29, 1.82) is 0 Å². The van der Waals surface area contributed by atoms with Gasteiger partial charge in [-0.25, -0.2) is 0 Å². The van der Waals surface area contributed by atoms with Gasteiger partial charge in [0.2, 0.25) is 0 Å². The lowest BCUT2D eigenvalue weighted by Gasteiger charge is -2.08. The Labute approximate surface area is 96.7 Å². The average Bonchev–Trinajstić information content (AvgIpc) is 2.35. The molecule has 0 aliphatic heterocycles. The molecule has 0 fully saturated rings. The molecule has 0 radical (unpaired) electrons. The van der Waals surface area contributed by atoms with Crippen LogP contribution < -0.4 is 0 Å². The second-order valence-corrected chi connectivity index (χ2v) is 3.78. The fourth-order valence-electron chi connectivity index (χ4n) is 1.71.